The molecule has 0 saturated heterocycles. The highest BCUT2D eigenvalue weighted by Gasteiger charge is 2.18. The molecule has 2 heterocycles. The number of pyridine rings is 1. The van der Waals surface area contributed by atoms with Crippen molar-refractivity contribution in [2.75, 3.05) is 31.2 Å². The van der Waals surface area contributed by atoms with Gasteiger partial charge in [-0.3, -0.25) is 0 Å². The molecule has 0 aliphatic heterocycles. The topological polar surface area (TPSA) is 84.0 Å². The van der Waals surface area contributed by atoms with Gasteiger partial charge in [0.15, 0.2) is 11.6 Å². The van der Waals surface area contributed by atoms with E-state index in [4.69, 9.17) is 21.3 Å². The summed E-state index contributed by atoms with van der Waals surface area (Å²) in [7, 11) is 5.28. The molecule has 5 rings (SSSR count). The molecule has 0 unspecified atom stereocenters. The molecule has 7 nitrogen and oxygen atoms in total. The lowest BCUT2D eigenvalue weighted by molar-refractivity contribution is 0.399. The Kier molecular flexibility index (Phi) is 10.8. The maximum absolute atomic E-state index is 15.2. The minimum absolute atomic E-state index is 0.0730. The van der Waals surface area contributed by atoms with Crippen LogP contribution in [-0.2, 0) is 6.42 Å². The average molecular weight is 583 g/mol. The van der Waals surface area contributed by atoms with Crippen LogP contribution in [0.2, 0.25) is 5.02 Å². The second-order valence-electron chi connectivity index (χ2n) is 9.61. The highest BCUT2D eigenvalue weighted by molar-refractivity contribution is 8.00. The molecular formula is C30H36ClFN6OS. The number of fused-ring (bicyclic) bond motifs is 1. The van der Waals surface area contributed by atoms with Crippen molar-refractivity contribution in [2.45, 2.75) is 56.4 Å². The van der Waals surface area contributed by atoms with E-state index in [1.807, 2.05) is 50.6 Å². The zero-order valence-corrected chi connectivity index (χ0v) is 24.9. The van der Waals surface area contributed by atoms with Gasteiger partial charge in [0.2, 0.25) is 11.8 Å². The molecule has 40 heavy (non-hydrogen) atoms. The van der Waals surface area contributed by atoms with E-state index in [0.717, 1.165) is 46.2 Å². The molecule has 212 valence electrons. The Hall–Kier alpha value is -3.14. The summed E-state index contributed by atoms with van der Waals surface area (Å²) in [5, 5.41) is 7.73. The number of hydrogen-bond acceptors (Lipinski definition) is 8. The van der Waals surface area contributed by atoms with Crippen LogP contribution in [0, 0.1) is 5.82 Å². The van der Waals surface area contributed by atoms with Gasteiger partial charge in [-0.05, 0) is 86.8 Å². The smallest absolute Gasteiger partial charge is 0.223 e. The lowest BCUT2D eigenvalue weighted by Gasteiger charge is -2.22. The van der Waals surface area contributed by atoms with E-state index in [1.54, 1.807) is 6.07 Å². The van der Waals surface area contributed by atoms with Crippen molar-refractivity contribution >= 4 is 46.2 Å². The summed E-state index contributed by atoms with van der Waals surface area (Å²) in [4.78, 5) is 14.6. The zero-order valence-electron chi connectivity index (χ0n) is 23.4. The Balaban J connectivity index is 0.00000118. The molecule has 1 fully saturated rings. The molecule has 4 aromatic rings. The van der Waals surface area contributed by atoms with Crippen LogP contribution in [0.25, 0.3) is 22.0 Å². The van der Waals surface area contributed by atoms with Gasteiger partial charge in [-0.25, -0.2) is 14.4 Å². The third kappa shape index (κ3) is 7.33. The molecule has 3 N–H and O–H groups in total. The maximum Gasteiger partial charge on any atom is 0.223 e. The molecule has 0 amide bonds. The van der Waals surface area contributed by atoms with Crippen LogP contribution in [-0.4, -0.2) is 42.2 Å². The third-order valence-electron chi connectivity index (χ3n) is 6.62. The van der Waals surface area contributed by atoms with Crippen molar-refractivity contribution in [2.24, 2.45) is 0 Å². The van der Waals surface area contributed by atoms with E-state index in [2.05, 4.69) is 32.2 Å². The number of aromatic nitrogens is 3. The summed E-state index contributed by atoms with van der Waals surface area (Å²) in [5.41, 5.74) is 3.32. The highest BCUT2D eigenvalue weighted by Crippen LogP contribution is 2.36. The number of halogens is 2. The van der Waals surface area contributed by atoms with Crippen LogP contribution in [0.5, 0.6) is 5.88 Å². The van der Waals surface area contributed by atoms with E-state index in [9.17, 15) is 0 Å². The first kappa shape index (κ1) is 29.8. The first-order chi connectivity index (χ1) is 19.5. The molecule has 2 aromatic carbocycles. The lowest BCUT2D eigenvalue weighted by Crippen LogP contribution is -2.23. The fraction of sp³-hybridized carbons (Fsp3) is 0.367. The number of anilines is 2. The van der Waals surface area contributed by atoms with Gasteiger partial charge in [0.05, 0.1) is 17.6 Å². The number of ether oxygens (including phenoxy) is 1. The monoisotopic (exact) mass is 582 g/mol. The molecule has 1 saturated carbocycles. The van der Waals surface area contributed by atoms with Crippen LogP contribution in [0.1, 0.15) is 44.6 Å². The van der Waals surface area contributed by atoms with Crippen LogP contribution in [0.15, 0.2) is 53.6 Å². The number of rotatable bonds is 8. The number of nitrogens with one attached hydrogen (secondary N) is 3. The van der Waals surface area contributed by atoms with E-state index < -0.39 is 5.82 Å². The van der Waals surface area contributed by atoms with Crippen molar-refractivity contribution in [1.82, 2.24) is 20.3 Å². The van der Waals surface area contributed by atoms with Gasteiger partial charge in [0.1, 0.15) is 0 Å². The summed E-state index contributed by atoms with van der Waals surface area (Å²) < 4.78 is 23.7. The number of benzene rings is 2. The van der Waals surface area contributed by atoms with Gasteiger partial charge >= 0.3 is 0 Å². The summed E-state index contributed by atoms with van der Waals surface area (Å²) in [5.74, 6) is 0.570. The number of hydrogen-bond donors (Lipinski definition) is 3. The molecule has 0 atom stereocenters. The van der Waals surface area contributed by atoms with Crippen molar-refractivity contribution < 1.29 is 9.13 Å². The summed E-state index contributed by atoms with van der Waals surface area (Å²) >= 11 is 7.41. The van der Waals surface area contributed by atoms with Crippen molar-refractivity contribution in [1.29, 1.82) is 0 Å². The van der Waals surface area contributed by atoms with Crippen molar-refractivity contribution in [3.63, 3.8) is 0 Å². The maximum atomic E-state index is 15.2. The molecule has 1 aliphatic carbocycles. The normalized spacial score (nSPS) is 13.4. The largest absolute Gasteiger partial charge is 0.480 e. The second kappa shape index (κ2) is 14.5. The van der Waals surface area contributed by atoms with Gasteiger partial charge in [-0.2, -0.15) is 4.98 Å². The molecule has 1 aliphatic rings. The molecule has 0 bridgehead atoms. The standard InChI is InChI=1S/C28H29ClFN5OS.C2H7N/c1-3-17-13-18(14-19-16-31-28(33-25(17)19)32-20-9-5-4-6-10-20)21-15-23(30)26(34-27(21)36-2)35-37-24-12-8-7-11-22(24)29;1-3-2/h7-8,11-16,20H,3-6,9-10H2,1-2H3,(H,34,35)(H,31,32,33);3H,1-2H3. The highest BCUT2D eigenvalue weighted by atomic mass is 35.5. The van der Waals surface area contributed by atoms with Gasteiger partial charge in [-0.15, -0.1) is 0 Å². The average Bonchev–Trinajstić information content (AvgIpc) is 2.97. The van der Waals surface area contributed by atoms with Crippen LogP contribution in [0.3, 0.4) is 0 Å². The Bertz CT molecular complexity index is 1430. The Morgan fingerprint density at radius 2 is 1.82 bits per heavy atom. The van der Waals surface area contributed by atoms with Crippen LogP contribution >= 0.6 is 23.5 Å². The predicted octanol–water partition coefficient (Wildman–Crippen LogP) is 7.75. The third-order valence-corrected chi connectivity index (χ3v) is 7.93. The minimum Gasteiger partial charge on any atom is -0.480 e. The van der Waals surface area contributed by atoms with Crippen molar-refractivity contribution in [3.05, 3.63) is 65.1 Å². The summed E-state index contributed by atoms with van der Waals surface area (Å²) in [6.07, 6.45) is 8.71. The van der Waals surface area contributed by atoms with Gasteiger partial charge in [-0.1, -0.05) is 49.9 Å². The fourth-order valence-corrected chi connectivity index (χ4v) is 5.59. The fourth-order valence-electron chi connectivity index (χ4n) is 4.68. The molecule has 0 radical (unpaired) electrons. The quantitative estimate of drug-likeness (QED) is 0.182. The van der Waals surface area contributed by atoms with Gasteiger partial charge in [0.25, 0.3) is 0 Å². The van der Waals surface area contributed by atoms with Crippen LogP contribution in [0.4, 0.5) is 16.2 Å². The Morgan fingerprint density at radius 1 is 1.07 bits per heavy atom. The SMILES string of the molecule is CCc1cc(-c2cc(F)c(NSc3ccccc3Cl)nc2OC)cc2cnc(NC3CCCCC3)nc12.CNC. The van der Waals surface area contributed by atoms with E-state index >= 15 is 4.39 Å². The van der Waals surface area contributed by atoms with E-state index in [-0.39, 0.29) is 5.82 Å². The first-order valence-corrected chi connectivity index (χ1v) is 14.7. The Morgan fingerprint density at radius 3 is 2.52 bits per heavy atom. The van der Waals surface area contributed by atoms with Gasteiger partial charge < -0.3 is 20.1 Å². The molecule has 10 heteroatoms. The molecular weight excluding hydrogens is 547 g/mol. The number of methoxy groups -OCH3 is 1. The second-order valence-corrected chi connectivity index (χ2v) is 10.9. The summed E-state index contributed by atoms with van der Waals surface area (Å²) in [6, 6.07) is 13.2. The zero-order chi connectivity index (χ0) is 28.5. The molecule has 2 aromatic heterocycles. The lowest BCUT2D eigenvalue weighted by atomic mass is 9.96. The minimum atomic E-state index is -0.489. The van der Waals surface area contributed by atoms with Crippen LogP contribution < -0.4 is 20.1 Å². The summed E-state index contributed by atoms with van der Waals surface area (Å²) in [6.45, 7) is 2.09. The number of aryl methyl sites for hydroxylation is 1. The predicted molar refractivity (Wildman–Crippen MR) is 165 cm³/mol. The number of nitrogens with zero attached hydrogens (tertiary/aromatic N) is 3. The van der Waals surface area contributed by atoms with Gasteiger partial charge in [0, 0.05) is 28.1 Å². The first-order valence-electron chi connectivity index (χ1n) is 13.5. The molecule has 0 spiro atoms. The Labute approximate surface area is 244 Å². The van der Waals surface area contributed by atoms with E-state index in [1.165, 1.54) is 44.4 Å². The van der Waals surface area contributed by atoms with E-state index in [0.29, 0.717) is 28.5 Å². The van der Waals surface area contributed by atoms with Crippen molar-refractivity contribution in [3.8, 4) is 17.0 Å².